The van der Waals surface area contributed by atoms with Crippen molar-refractivity contribution in [3.63, 3.8) is 0 Å². The molecule has 1 N–H and O–H groups in total. The second-order valence-electron chi connectivity index (χ2n) is 5.38. The van der Waals surface area contributed by atoms with Crippen molar-refractivity contribution in [3.05, 3.63) is 39.7 Å². The average Bonchev–Trinajstić information content (AvgIpc) is 2.78. The summed E-state index contributed by atoms with van der Waals surface area (Å²) in [6, 6.07) is 4.03. The molecule has 2 atom stereocenters. The number of likely N-dealkylation sites (tertiary alicyclic amines) is 1. The first kappa shape index (κ1) is 14.9. The van der Waals surface area contributed by atoms with E-state index >= 15 is 0 Å². The summed E-state index contributed by atoms with van der Waals surface area (Å²) in [5.74, 6) is -0.540. The molecule has 1 saturated heterocycles. The van der Waals surface area contributed by atoms with Crippen LogP contribution in [0.3, 0.4) is 0 Å². The molecule has 0 aliphatic carbocycles. The standard InChI is InChI=1S/C14H19FN2O3/c1-10(18)7-12-3-2-6-16(12)9-11-4-5-13(17(19)20)8-14(11)15/h4-5,8,10,12,18H,2-3,6-7,9H2,1H3. The number of rotatable bonds is 5. The predicted molar refractivity (Wildman–Crippen MR) is 72.8 cm³/mol. The van der Waals surface area contributed by atoms with Crippen LogP contribution in [0.5, 0.6) is 0 Å². The van der Waals surface area contributed by atoms with Crippen molar-refractivity contribution >= 4 is 5.69 Å². The molecule has 0 bridgehead atoms. The summed E-state index contributed by atoms with van der Waals surface area (Å²) in [5, 5.41) is 20.1. The lowest BCUT2D eigenvalue weighted by Gasteiger charge is -2.25. The van der Waals surface area contributed by atoms with E-state index in [0.717, 1.165) is 25.5 Å². The molecule has 0 aromatic heterocycles. The van der Waals surface area contributed by atoms with E-state index < -0.39 is 10.7 Å². The number of halogens is 1. The molecule has 0 saturated carbocycles. The van der Waals surface area contributed by atoms with Gasteiger partial charge in [-0.1, -0.05) is 0 Å². The molecule has 0 amide bonds. The zero-order chi connectivity index (χ0) is 14.7. The van der Waals surface area contributed by atoms with Gasteiger partial charge in [-0.3, -0.25) is 15.0 Å². The van der Waals surface area contributed by atoms with Crippen molar-refractivity contribution in [1.29, 1.82) is 0 Å². The van der Waals surface area contributed by atoms with Gasteiger partial charge in [0.05, 0.1) is 17.1 Å². The topological polar surface area (TPSA) is 66.6 Å². The van der Waals surface area contributed by atoms with E-state index in [-0.39, 0.29) is 17.8 Å². The van der Waals surface area contributed by atoms with Gasteiger partial charge in [-0.15, -0.1) is 0 Å². The number of nitro groups is 1. The smallest absolute Gasteiger partial charge is 0.272 e. The lowest BCUT2D eigenvalue weighted by Crippen LogP contribution is -2.31. The molecule has 1 aromatic rings. The molecular weight excluding hydrogens is 263 g/mol. The molecular formula is C14H19FN2O3. The Balaban J connectivity index is 2.07. The Hall–Kier alpha value is -1.53. The lowest BCUT2D eigenvalue weighted by atomic mass is 10.1. The summed E-state index contributed by atoms with van der Waals surface area (Å²) in [6.07, 6.45) is 2.34. The van der Waals surface area contributed by atoms with Gasteiger partial charge in [-0.2, -0.15) is 0 Å². The highest BCUT2D eigenvalue weighted by Crippen LogP contribution is 2.25. The third-order valence-electron chi connectivity index (χ3n) is 3.73. The Bertz CT molecular complexity index is 493. The van der Waals surface area contributed by atoms with Crippen molar-refractivity contribution in [2.24, 2.45) is 0 Å². The van der Waals surface area contributed by atoms with Gasteiger partial charge in [0.2, 0.25) is 0 Å². The van der Waals surface area contributed by atoms with Gasteiger partial charge in [0.15, 0.2) is 0 Å². The predicted octanol–water partition coefficient (Wildman–Crippen LogP) is 2.47. The van der Waals surface area contributed by atoms with E-state index in [1.165, 1.54) is 12.1 Å². The van der Waals surface area contributed by atoms with Crippen LogP contribution in [0.4, 0.5) is 10.1 Å². The fraction of sp³-hybridized carbons (Fsp3) is 0.571. The third-order valence-corrected chi connectivity index (χ3v) is 3.73. The van der Waals surface area contributed by atoms with Crippen LogP contribution in [0.1, 0.15) is 31.7 Å². The number of hydrogen-bond acceptors (Lipinski definition) is 4. The fourth-order valence-electron chi connectivity index (χ4n) is 2.76. The van der Waals surface area contributed by atoms with Crippen LogP contribution >= 0.6 is 0 Å². The van der Waals surface area contributed by atoms with E-state index in [1.54, 1.807) is 6.92 Å². The van der Waals surface area contributed by atoms with E-state index in [9.17, 15) is 19.6 Å². The number of aliphatic hydroxyl groups excluding tert-OH is 1. The maximum Gasteiger partial charge on any atom is 0.272 e. The number of aliphatic hydroxyl groups is 1. The molecule has 1 fully saturated rings. The Morgan fingerprint density at radius 3 is 2.95 bits per heavy atom. The van der Waals surface area contributed by atoms with E-state index in [1.807, 2.05) is 0 Å². The Morgan fingerprint density at radius 1 is 1.60 bits per heavy atom. The summed E-state index contributed by atoms with van der Waals surface area (Å²) in [7, 11) is 0. The molecule has 0 radical (unpaired) electrons. The number of non-ortho nitro benzene ring substituents is 1. The Kier molecular flexibility index (Phi) is 4.67. The van der Waals surface area contributed by atoms with Crippen LogP contribution in [0, 0.1) is 15.9 Å². The van der Waals surface area contributed by atoms with Gasteiger partial charge < -0.3 is 5.11 Å². The van der Waals surface area contributed by atoms with Gasteiger partial charge in [0.1, 0.15) is 5.82 Å². The molecule has 1 aliphatic heterocycles. The molecule has 1 aliphatic rings. The van der Waals surface area contributed by atoms with Gasteiger partial charge in [0, 0.05) is 24.2 Å². The van der Waals surface area contributed by atoms with Crippen molar-refractivity contribution < 1.29 is 14.4 Å². The summed E-state index contributed by atoms with van der Waals surface area (Å²) in [5.41, 5.74) is 0.237. The van der Waals surface area contributed by atoms with Crippen molar-refractivity contribution in [2.45, 2.75) is 44.9 Å². The Morgan fingerprint density at radius 2 is 2.35 bits per heavy atom. The van der Waals surface area contributed by atoms with Crippen molar-refractivity contribution in [2.75, 3.05) is 6.54 Å². The molecule has 6 heteroatoms. The number of benzene rings is 1. The first-order chi connectivity index (χ1) is 9.47. The molecule has 1 heterocycles. The zero-order valence-electron chi connectivity index (χ0n) is 11.5. The maximum absolute atomic E-state index is 13.9. The van der Waals surface area contributed by atoms with Gasteiger partial charge >= 0.3 is 0 Å². The fourth-order valence-corrected chi connectivity index (χ4v) is 2.76. The second kappa shape index (κ2) is 6.28. The van der Waals surface area contributed by atoms with Crippen molar-refractivity contribution in [3.8, 4) is 0 Å². The van der Waals surface area contributed by atoms with Crippen LogP contribution in [-0.4, -0.2) is 33.6 Å². The SMILES string of the molecule is CC(O)CC1CCCN1Cc1ccc([N+](=O)[O-])cc1F. The molecule has 5 nitrogen and oxygen atoms in total. The first-order valence-electron chi connectivity index (χ1n) is 6.82. The molecule has 2 rings (SSSR count). The minimum atomic E-state index is -0.598. The third kappa shape index (κ3) is 3.52. The number of nitrogens with zero attached hydrogens (tertiary/aromatic N) is 2. The molecule has 2 unspecified atom stereocenters. The Labute approximate surface area is 117 Å². The van der Waals surface area contributed by atoms with Gasteiger partial charge in [0.25, 0.3) is 5.69 Å². The number of nitro benzene ring substituents is 1. The molecule has 20 heavy (non-hydrogen) atoms. The summed E-state index contributed by atoms with van der Waals surface area (Å²) >= 11 is 0. The second-order valence-corrected chi connectivity index (χ2v) is 5.38. The summed E-state index contributed by atoms with van der Waals surface area (Å²) in [4.78, 5) is 12.1. The van der Waals surface area contributed by atoms with E-state index in [4.69, 9.17) is 0 Å². The van der Waals surface area contributed by atoms with Crippen LogP contribution in [-0.2, 0) is 6.54 Å². The molecule has 110 valence electrons. The van der Waals surface area contributed by atoms with E-state index in [2.05, 4.69) is 4.90 Å². The summed E-state index contributed by atoms with van der Waals surface area (Å²) in [6.45, 7) is 3.05. The molecule has 0 spiro atoms. The normalized spacial score (nSPS) is 21.1. The first-order valence-corrected chi connectivity index (χ1v) is 6.82. The van der Waals surface area contributed by atoms with Crippen LogP contribution in [0.2, 0.25) is 0 Å². The van der Waals surface area contributed by atoms with Crippen LogP contribution in [0.15, 0.2) is 18.2 Å². The van der Waals surface area contributed by atoms with Crippen LogP contribution in [0.25, 0.3) is 0 Å². The highest BCUT2D eigenvalue weighted by molar-refractivity contribution is 5.34. The van der Waals surface area contributed by atoms with Crippen molar-refractivity contribution in [1.82, 2.24) is 4.90 Å². The quantitative estimate of drug-likeness (QED) is 0.665. The van der Waals surface area contributed by atoms with Gasteiger partial charge in [-0.05, 0) is 38.8 Å². The largest absolute Gasteiger partial charge is 0.393 e. The minimum Gasteiger partial charge on any atom is -0.393 e. The maximum atomic E-state index is 13.9. The average molecular weight is 282 g/mol. The molecule has 1 aromatic carbocycles. The highest BCUT2D eigenvalue weighted by Gasteiger charge is 2.26. The van der Waals surface area contributed by atoms with E-state index in [0.29, 0.717) is 18.5 Å². The van der Waals surface area contributed by atoms with Gasteiger partial charge in [-0.25, -0.2) is 4.39 Å². The minimum absolute atomic E-state index is 0.229. The monoisotopic (exact) mass is 282 g/mol. The number of hydrogen-bond donors (Lipinski definition) is 1. The zero-order valence-corrected chi connectivity index (χ0v) is 11.5. The lowest BCUT2D eigenvalue weighted by molar-refractivity contribution is -0.385. The summed E-state index contributed by atoms with van der Waals surface area (Å²) < 4.78 is 13.9. The van der Waals surface area contributed by atoms with Crippen LogP contribution < -0.4 is 0 Å². The highest BCUT2D eigenvalue weighted by atomic mass is 19.1.